The van der Waals surface area contributed by atoms with Crippen molar-refractivity contribution in [1.29, 1.82) is 5.26 Å². The predicted molar refractivity (Wildman–Crippen MR) is 99.8 cm³/mol. The van der Waals surface area contributed by atoms with Crippen molar-refractivity contribution in [3.8, 4) is 11.8 Å². The van der Waals surface area contributed by atoms with Crippen LogP contribution in [0.4, 0.5) is 11.4 Å². The van der Waals surface area contributed by atoms with Gasteiger partial charge < -0.3 is 19.7 Å². The summed E-state index contributed by atoms with van der Waals surface area (Å²) in [6.07, 6.45) is 0. The van der Waals surface area contributed by atoms with Crippen molar-refractivity contribution in [2.75, 3.05) is 43.1 Å². The predicted octanol–water partition coefficient (Wildman–Crippen LogP) is 3.07. The summed E-state index contributed by atoms with van der Waals surface area (Å²) in [5.74, 6) is 0.0769. The minimum atomic E-state index is -0.287. The van der Waals surface area contributed by atoms with E-state index < -0.39 is 0 Å². The molecule has 7 heteroatoms. The Morgan fingerprint density at radius 2 is 1.96 bits per heavy atom. The molecule has 3 rings (SSSR count). The largest absolute Gasteiger partial charge is 0.482 e. The minimum absolute atomic E-state index is 0.170. The summed E-state index contributed by atoms with van der Waals surface area (Å²) in [5, 5.41) is 11.9. The Morgan fingerprint density at radius 3 is 2.62 bits per heavy atom. The number of nitrogens with zero attached hydrogens (tertiary/aromatic N) is 2. The van der Waals surface area contributed by atoms with Gasteiger partial charge in [-0.2, -0.15) is 5.26 Å². The summed E-state index contributed by atoms with van der Waals surface area (Å²) < 4.78 is 10.8. The highest BCUT2D eigenvalue weighted by Crippen LogP contribution is 2.25. The molecule has 1 heterocycles. The number of anilines is 2. The number of carbonyl (C=O) groups excluding carboxylic acids is 1. The van der Waals surface area contributed by atoms with E-state index in [1.807, 2.05) is 30.3 Å². The van der Waals surface area contributed by atoms with Crippen molar-refractivity contribution in [2.24, 2.45) is 0 Å². The molecule has 0 spiro atoms. The molecule has 2 aromatic carbocycles. The maximum Gasteiger partial charge on any atom is 0.262 e. The van der Waals surface area contributed by atoms with Gasteiger partial charge in [-0.15, -0.1) is 0 Å². The van der Waals surface area contributed by atoms with Gasteiger partial charge in [-0.3, -0.25) is 4.79 Å². The Hall–Kier alpha value is -2.75. The number of halogens is 1. The standard InChI is InChI=1S/C19H18ClN3O3/c20-17-11-14(12-21)1-6-18(17)26-13-19(24)22-15-2-4-16(5-3-15)23-7-9-25-10-8-23/h1-6,11H,7-10,13H2,(H,22,24). The molecule has 1 fully saturated rings. The molecule has 0 aromatic heterocycles. The third-order valence-corrected chi connectivity index (χ3v) is 4.24. The molecule has 0 bridgehead atoms. The maximum absolute atomic E-state index is 12.0. The summed E-state index contributed by atoms with van der Waals surface area (Å²) in [6.45, 7) is 3.02. The Labute approximate surface area is 156 Å². The molecule has 0 atom stereocenters. The number of amides is 1. The summed E-state index contributed by atoms with van der Waals surface area (Å²) >= 11 is 6.02. The van der Waals surface area contributed by atoms with Crippen LogP contribution in [0.15, 0.2) is 42.5 Å². The summed E-state index contributed by atoms with van der Waals surface area (Å²) in [5.41, 5.74) is 2.24. The van der Waals surface area contributed by atoms with Gasteiger partial charge in [-0.05, 0) is 42.5 Å². The number of nitrogens with one attached hydrogen (secondary N) is 1. The molecule has 6 nitrogen and oxygen atoms in total. The molecule has 1 amide bonds. The zero-order valence-corrected chi connectivity index (χ0v) is 14.8. The molecule has 1 aliphatic rings. The number of benzene rings is 2. The second-order valence-corrected chi connectivity index (χ2v) is 6.15. The van der Waals surface area contributed by atoms with Crippen molar-refractivity contribution in [2.45, 2.75) is 0 Å². The van der Waals surface area contributed by atoms with Gasteiger partial charge in [0.1, 0.15) is 5.75 Å². The minimum Gasteiger partial charge on any atom is -0.482 e. The van der Waals surface area contributed by atoms with Gasteiger partial charge in [0.15, 0.2) is 6.61 Å². The second-order valence-electron chi connectivity index (χ2n) is 5.74. The number of carbonyl (C=O) groups is 1. The quantitative estimate of drug-likeness (QED) is 0.874. The molecule has 2 aromatic rings. The number of nitriles is 1. The van der Waals surface area contributed by atoms with Gasteiger partial charge in [-0.1, -0.05) is 11.6 Å². The molecular weight excluding hydrogens is 354 g/mol. The molecule has 134 valence electrons. The van der Waals surface area contributed by atoms with Crippen LogP contribution in [0.1, 0.15) is 5.56 Å². The Bertz CT molecular complexity index is 812. The molecule has 26 heavy (non-hydrogen) atoms. The van der Waals surface area contributed by atoms with Crippen molar-refractivity contribution >= 4 is 28.9 Å². The van der Waals surface area contributed by atoms with E-state index >= 15 is 0 Å². The lowest BCUT2D eigenvalue weighted by Crippen LogP contribution is -2.36. The molecule has 0 aliphatic carbocycles. The van der Waals surface area contributed by atoms with E-state index in [1.54, 1.807) is 12.1 Å². The Morgan fingerprint density at radius 1 is 1.23 bits per heavy atom. The van der Waals surface area contributed by atoms with Crippen LogP contribution in [0.5, 0.6) is 5.75 Å². The number of rotatable bonds is 5. The summed E-state index contributed by atoms with van der Waals surface area (Å²) in [7, 11) is 0. The van der Waals surface area contributed by atoms with Crippen LogP contribution in [-0.2, 0) is 9.53 Å². The summed E-state index contributed by atoms with van der Waals surface area (Å²) in [6, 6.07) is 14.3. The van der Waals surface area contributed by atoms with Gasteiger partial charge in [0.25, 0.3) is 5.91 Å². The highest BCUT2D eigenvalue weighted by atomic mass is 35.5. The fourth-order valence-corrected chi connectivity index (χ4v) is 2.84. The van der Waals surface area contributed by atoms with E-state index in [9.17, 15) is 4.79 Å². The first-order chi connectivity index (χ1) is 12.7. The third-order valence-electron chi connectivity index (χ3n) is 3.95. The number of hydrogen-bond donors (Lipinski definition) is 1. The molecule has 1 saturated heterocycles. The average molecular weight is 372 g/mol. The molecule has 1 N–H and O–H groups in total. The monoisotopic (exact) mass is 371 g/mol. The number of hydrogen-bond acceptors (Lipinski definition) is 5. The van der Waals surface area contributed by atoms with Crippen LogP contribution in [0.3, 0.4) is 0 Å². The van der Waals surface area contributed by atoms with Crippen molar-refractivity contribution < 1.29 is 14.3 Å². The van der Waals surface area contributed by atoms with E-state index in [0.29, 0.717) is 22.0 Å². The molecule has 0 radical (unpaired) electrons. The van der Waals surface area contributed by atoms with Gasteiger partial charge in [0.2, 0.25) is 0 Å². The normalized spacial score (nSPS) is 13.8. The Balaban J connectivity index is 1.52. The van der Waals surface area contributed by atoms with Crippen LogP contribution >= 0.6 is 11.6 Å². The fraction of sp³-hybridized carbons (Fsp3) is 0.263. The molecule has 0 unspecified atom stereocenters. The lowest BCUT2D eigenvalue weighted by Gasteiger charge is -2.28. The molecule has 0 saturated carbocycles. The van der Waals surface area contributed by atoms with Crippen LogP contribution in [0.2, 0.25) is 5.02 Å². The highest BCUT2D eigenvalue weighted by molar-refractivity contribution is 6.32. The van der Waals surface area contributed by atoms with Crippen molar-refractivity contribution in [1.82, 2.24) is 0 Å². The van der Waals surface area contributed by atoms with Crippen LogP contribution in [0, 0.1) is 11.3 Å². The lowest BCUT2D eigenvalue weighted by atomic mass is 10.2. The molecular formula is C19H18ClN3O3. The number of ether oxygens (including phenoxy) is 2. The lowest BCUT2D eigenvalue weighted by molar-refractivity contribution is -0.118. The topological polar surface area (TPSA) is 74.6 Å². The number of morpholine rings is 1. The van der Waals surface area contributed by atoms with Gasteiger partial charge in [0, 0.05) is 24.5 Å². The first-order valence-corrected chi connectivity index (χ1v) is 8.58. The van der Waals surface area contributed by atoms with Crippen molar-refractivity contribution in [3.63, 3.8) is 0 Å². The van der Waals surface area contributed by atoms with E-state index in [0.717, 1.165) is 32.0 Å². The highest BCUT2D eigenvalue weighted by Gasteiger charge is 2.11. The van der Waals surface area contributed by atoms with E-state index in [4.69, 9.17) is 26.3 Å². The SMILES string of the molecule is N#Cc1ccc(OCC(=O)Nc2ccc(N3CCOCC3)cc2)c(Cl)c1. The second kappa shape index (κ2) is 8.56. The third kappa shape index (κ3) is 4.66. The first kappa shape index (κ1) is 18.1. The zero-order valence-electron chi connectivity index (χ0n) is 14.1. The smallest absolute Gasteiger partial charge is 0.262 e. The first-order valence-electron chi connectivity index (χ1n) is 8.21. The summed E-state index contributed by atoms with van der Waals surface area (Å²) in [4.78, 5) is 14.3. The molecule has 1 aliphatic heterocycles. The fourth-order valence-electron chi connectivity index (χ4n) is 2.60. The Kier molecular flexibility index (Phi) is 5.95. The average Bonchev–Trinajstić information content (AvgIpc) is 2.68. The maximum atomic E-state index is 12.0. The van der Waals surface area contributed by atoms with Gasteiger partial charge in [-0.25, -0.2) is 0 Å². The van der Waals surface area contributed by atoms with Crippen molar-refractivity contribution in [3.05, 3.63) is 53.1 Å². The van der Waals surface area contributed by atoms with Crippen LogP contribution in [0.25, 0.3) is 0 Å². The van der Waals surface area contributed by atoms with Crippen LogP contribution in [-0.4, -0.2) is 38.8 Å². The zero-order chi connectivity index (χ0) is 18.4. The van der Waals surface area contributed by atoms with E-state index in [1.165, 1.54) is 6.07 Å². The van der Waals surface area contributed by atoms with E-state index in [2.05, 4.69) is 10.2 Å². The van der Waals surface area contributed by atoms with E-state index in [-0.39, 0.29) is 12.5 Å². The van der Waals surface area contributed by atoms with Gasteiger partial charge >= 0.3 is 0 Å². The van der Waals surface area contributed by atoms with Crippen LogP contribution < -0.4 is 15.0 Å². The van der Waals surface area contributed by atoms with Gasteiger partial charge in [0.05, 0.1) is 29.9 Å².